The third-order valence-electron chi connectivity index (χ3n) is 4.69. The van der Waals surface area contributed by atoms with E-state index in [9.17, 15) is 0 Å². The monoisotopic (exact) mass is 294 g/mol. The lowest BCUT2D eigenvalue weighted by Crippen LogP contribution is -2.38. The van der Waals surface area contributed by atoms with Gasteiger partial charge in [0.15, 0.2) is 0 Å². The molecule has 2 N–H and O–H groups in total. The summed E-state index contributed by atoms with van der Waals surface area (Å²) in [7, 11) is 0. The van der Waals surface area contributed by atoms with Crippen molar-refractivity contribution in [3.05, 3.63) is 48.0 Å². The molecule has 0 amide bonds. The van der Waals surface area contributed by atoms with Crippen LogP contribution in [0.4, 0.5) is 0 Å². The molecular weight excluding hydrogens is 276 g/mol. The number of nitrogens with zero attached hydrogens (tertiary/aromatic N) is 3. The van der Waals surface area contributed by atoms with E-state index in [2.05, 4.69) is 40.1 Å². The van der Waals surface area contributed by atoms with Gasteiger partial charge in [0.2, 0.25) is 0 Å². The highest BCUT2D eigenvalue weighted by Gasteiger charge is 2.49. The van der Waals surface area contributed by atoms with Crippen LogP contribution in [-0.2, 0) is 17.6 Å². The van der Waals surface area contributed by atoms with Gasteiger partial charge in [-0.1, -0.05) is 25.1 Å². The first kappa shape index (κ1) is 13.2. The maximum absolute atomic E-state index is 5.85. The largest absolute Gasteiger partial charge is 0.460 e. The Morgan fingerprint density at radius 1 is 1.27 bits per heavy atom. The van der Waals surface area contributed by atoms with Crippen LogP contribution >= 0.6 is 0 Å². The lowest BCUT2D eigenvalue weighted by molar-refractivity contribution is 0.134. The summed E-state index contributed by atoms with van der Waals surface area (Å²) >= 11 is 0. The molecule has 2 aromatic rings. The van der Waals surface area contributed by atoms with Gasteiger partial charge in [-0.25, -0.2) is 15.0 Å². The predicted octanol–water partition coefficient (Wildman–Crippen LogP) is 2.10. The van der Waals surface area contributed by atoms with Gasteiger partial charge in [0.25, 0.3) is 6.02 Å². The van der Waals surface area contributed by atoms with Crippen molar-refractivity contribution in [3.8, 4) is 11.1 Å². The minimum atomic E-state index is -0.243. The van der Waals surface area contributed by atoms with E-state index in [1.54, 1.807) is 6.33 Å². The van der Waals surface area contributed by atoms with Gasteiger partial charge in [0.1, 0.15) is 18.0 Å². The molecule has 0 saturated heterocycles. The molecule has 1 aliphatic carbocycles. The maximum atomic E-state index is 5.85. The van der Waals surface area contributed by atoms with Crippen LogP contribution in [-0.4, -0.2) is 27.6 Å². The lowest BCUT2D eigenvalue weighted by atomic mass is 9.88. The summed E-state index contributed by atoms with van der Waals surface area (Å²) in [6, 6.07) is 6.71. The zero-order valence-electron chi connectivity index (χ0n) is 12.5. The topological polar surface area (TPSA) is 73.4 Å². The molecule has 0 fully saturated rings. The average Bonchev–Trinajstić information content (AvgIpc) is 3.06. The Balaban J connectivity index is 1.79. The van der Waals surface area contributed by atoms with Crippen LogP contribution < -0.4 is 5.73 Å². The summed E-state index contributed by atoms with van der Waals surface area (Å²) in [5.41, 5.74) is 10.5. The predicted molar refractivity (Wildman–Crippen MR) is 84.4 cm³/mol. The van der Waals surface area contributed by atoms with Gasteiger partial charge in [0, 0.05) is 30.8 Å². The second-order valence-electron chi connectivity index (χ2n) is 5.99. The molecule has 1 aromatic carbocycles. The molecule has 5 heteroatoms. The number of fused-ring (bicyclic) bond motifs is 1. The summed E-state index contributed by atoms with van der Waals surface area (Å²) in [4.78, 5) is 12.9. The Kier molecular flexibility index (Phi) is 2.89. The molecule has 0 unspecified atom stereocenters. The Labute approximate surface area is 129 Å². The highest BCUT2D eigenvalue weighted by Crippen LogP contribution is 2.43. The van der Waals surface area contributed by atoms with E-state index in [0.29, 0.717) is 6.02 Å². The molecule has 112 valence electrons. The molecule has 2 atom stereocenters. The molecular formula is C17H18N4O. The number of hydrogen-bond donors (Lipinski definition) is 1. The SMILES string of the molecule is CC[C@H]1OC(N)=N[C@]12Cc1cccc(-c3cncnc3)c1C2. The third kappa shape index (κ3) is 1.89. The summed E-state index contributed by atoms with van der Waals surface area (Å²) in [5.74, 6) is 0. The molecule has 1 aromatic heterocycles. The van der Waals surface area contributed by atoms with Gasteiger partial charge in [0.05, 0.1) is 0 Å². The van der Waals surface area contributed by atoms with E-state index in [0.717, 1.165) is 24.8 Å². The summed E-state index contributed by atoms with van der Waals surface area (Å²) in [5, 5.41) is 0. The molecule has 22 heavy (non-hydrogen) atoms. The molecule has 0 bridgehead atoms. The highest BCUT2D eigenvalue weighted by atomic mass is 16.5. The van der Waals surface area contributed by atoms with Crippen molar-refractivity contribution < 1.29 is 4.74 Å². The number of aliphatic imine (C=N–C) groups is 1. The van der Waals surface area contributed by atoms with E-state index in [1.807, 2.05) is 12.4 Å². The van der Waals surface area contributed by atoms with E-state index >= 15 is 0 Å². The van der Waals surface area contributed by atoms with Crippen molar-refractivity contribution in [1.82, 2.24) is 9.97 Å². The zero-order valence-corrected chi connectivity index (χ0v) is 12.5. The normalized spacial score (nSPS) is 25.9. The molecule has 2 heterocycles. The zero-order chi connectivity index (χ0) is 15.2. The number of ether oxygens (including phenoxy) is 1. The summed E-state index contributed by atoms with van der Waals surface area (Å²) in [6.45, 7) is 2.12. The Bertz CT molecular complexity index is 744. The second-order valence-corrected chi connectivity index (χ2v) is 5.99. The smallest absolute Gasteiger partial charge is 0.282 e. The standard InChI is InChI=1S/C17H18N4O/c1-2-15-17(21-16(18)22-15)6-11-4-3-5-13(14(11)7-17)12-8-19-10-20-9-12/h3-5,8-10,15H,2,6-7H2,1H3,(H2,18,21)/t15-,17+/m1/s1. The molecule has 0 saturated carbocycles. The van der Waals surface area contributed by atoms with Crippen molar-refractivity contribution in [2.45, 2.75) is 37.8 Å². The Hall–Kier alpha value is -2.43. The number of benzene rings is 1. The summed E-state index contributed by atoms with van der Waals surface area (Å²) < 4.78 is 5.73. The number of amidine groups is 1. The van der Waals surface area contributed by atoms with Gasteiger partial charge in [-0.2, -0.15) is 0 Å². The number of hydrogen-bond acceptors (Lipinski definition) is 5. The van der Waals surface area contributed by atoms with Crippen molar-refractivity contribution in [2.75, 3.05) is 0 Å². The molecule has 1 spiro atoms. The molecule has 4 rings (SSSR count). The van der Waals surface area contributed by atoms with Crippen LogP contribution in [0.1, 0.15) is 24.5 Å². The lowest BCUT2D eigenvalue weighted by Gasteiger charge is -2.25. The molecule has 0 radical (unpaired) electrons. The summed E-state index contributed by atoms with van der Waals surface area (Å²) in [6.07, 6.45) is 7.95. The van der Waals surface area contributed by atoms with Crippen LogP contribution in [0.2, 0.25) is 0 Å². The first-order valence-electron chi connectivity index (χ1n) is 7.60. The minimum Gasteiger partial charge on any atom is -0.460 e. The van der Waals surface area contributed by atoms with Gasteiger partial charge < -0.3 is 10.5 Å². The van der Waals surface area contributed by atoms with Gasteiger partial charge in [-0.15, -0.1) is 0 Å². The van der Waals surface area contributed by atoms with Crippen molar-refractivity contribution in [1.29, 1.82) is 0 Å². The molecule has 2 aliphatic rings. The fraction of sp³-hybridized carbons (Fsp3) is 0.353. The van der Waals surface area contributed by atoms with Crippen LogP contribution in [0, 0.1) is 0 Å². The van der Waals surface area contributed by atoms with Gasteiger partial charge >= 0.3 is 0 Å². The van der Waals surface area contributed by atoms with Gasteiger partial charge in [-0.3, -0.25) is 0 Å². The van der Waals surface area contributed by atoms with Crippen LogP contribution in [0.25, 0.3) is 11.1 Å². The van der Waals surface area contributed by atoms with Crippen molar-refractivity contribution in [3.63, 3.8) is 0 Å². The van der Waals surface area contributed by atoms with Crippen LogP contribution in [0.5, 0.6) is 0 Å². The average molecular weight is 294 g/mol. The first-order valence-corrected chi connectivity index (χ1v) is 7.60. The van der Waals surface area contributed by atoms with E-state index in [4.69, 9.17) is 10.5 Å². The fourth-order valence-electron chi connectivity index (χ4n) is 3.76. The number of nitrogens with two attached hydrogens (primary N) is 1. The Morgan fingerprint density at radius 3 is 2.86 bits per heavy atom. The Morgan fingerprint density at radius 2 is 2.09 bits per heavy atom. The molecule has 1 aliphatic heterocycles. The highest BCUT2D eigenvalue weighted by molar-refractivity contribution is 5.76. The molecule has 5 nitrogen and oxygen atoms in total. The number of aromatic nitrogens is 2. The van der Waals surface area contributed by atoms with Crippen molar-refractivity contribution >= 4 is 6.02 Å². The van der Waals surface area contributed by atoms with E-state index < -0.39 is 0 Å². The number of rotatable bonds is 2. The van der Waals surface area contributed by atoms with Crippen LogP contribution in [0.3, 0.4) is 0 Å². The third-order valence-corrected chi connectivity index (χ3v) is 4.69. The van der Waals surface area contributed by atoms with E-state index in [1.165, 1.54) is 16.7 Å². The van der Waals surface area contributed by atoms with E-state index in [-0.39, 0.29) is 11.6 Å². The van der Waals surface area contributed by atoms with Crippen molar-refractivity contribution in [2.24, 2.45) is 10.7 Å². The minimum absolute atomic E-state index is 0.0553. The quantitative estimate of drug-likeness (QED) is 0.920. The maximum Gasteiger partial charge on any atom is 0.282 e. The van der Waals surface area contributed by atoms with Gasteiger partial charge in [-0.05, 0) is 23.1 Å². The second kappa shape index (κ2) is 4.80. The first-order chi connectivity index (χ1) is 10.7. The fourth-order valence-corrected chi connectivity index (χ4v) is 3.76. The van der Waals surface area contributed by atoms with Crippen LogP contribution in [0.15, 0.2) is 41.9 Å².